The van der Waals surface area contributed by atoms with E-state index in [0.29, 0.717) is 5.56 Å². The topological polar surface area (TPSA) is 20.2 Å². The van der Waals surface area contributed by atoms with Crippen LogP contribution in [0.2, 0.25) is 5.02 Å². The molecule has 3 heteroatoms. The second kappa shape index (κ2) is 5.84. The quantitative estimate of drug-likeness (QED) is 0.729. The van der Waals surface area contributed by atoms with Crippen LogP contribution in [0, 0.1) is 5.82 Å². The van der Waals surface area contributed by atoms with Crippen molar-refractivity contribution < 1.29 is 9.50 Å². The van der Waals surface area contributed by atoms with Crippen LogP contribution >= 0.6 is 11.6 Å². The van der Waals surface area contributed by atoms with Gasteiger partial charge in [-0.25, -0.2) is 4.39 Å². The molecule has 0 heterocycles. The van der Waals surface area contributed by atoms with Gasteiger partial charge in [-0.05, 0) is 34.0 Å². The van der Waals surface area contributed by atoms with Crippen molar-refractivity contribution in [2.45, 2.75) is 12.5 Å². The largest absolute Gasteiger partial charge is 0.388 e. The molecule has 1 atom stereocenters. The third kappa shape index (κ3) is 2.92. The van der Waals surface area contributed by atoms with E-state index >= 15 is 0 Å². The van der Waals surface area contributed by atoms with Crippen molar-refractivity contribution in [1.82, 2.24) is 0 Å². The fourth-order valence-electron chi connectivity index (χ4n) is 2.45. The molecule has 0 aliphatic rings. The third-order valence-corrected chi connectivity index (χ3v) is 3.90. The summed E-state index contributed by atoms with van der Waals surface area (Å²) in [5.41, 5.74) is 1.19. The van der Waals surface area contributed by atoms with Gasteiger partial charge in [-0.2, -0.15) is 0 Å². The Hall–Kier alpha value is -1.90. The molecule has 1 unspecified atom stereocenters. The van der Waals surface area contributed by atoms with Gasteiger partial charge in [0.25, 0.3) is 0 Å². The van der Waals surface area contributed by atoms with Crippen LogP contribution in [0.3, 0.4) is 0 Å². The minimum Gasteiger partial charge on any atom is -0.388 e. The maximum Gasteiger partial charge on any atom is 0.145 e. The van der Waals surface area contributed by atoms with Crippen molar-refractivity contribution in [2.24, 2.45) is 0 Å². The summed E-state index contributed by atoms with van der Waals surface area (Å²) < 4.78 is 13.9. The minimum absolute atomic E-state index is 0.0817. The molecule has 106 valence electrons. The molecule has 0 aliphatic heterocycles. The fourth-order valence-corrected chi connectivity index (χ4v) is 2.64. The Morgan fingerprint density at radius 2 is 1.71 bits per heavy atom. The van der Waals surface area contributed by atoms with Crippen molar-refractivity contribution in [1.29, 1.82) is 0 Å². The zero-order valence-corrected chi connectivity index (χ0v) is 12.0. The van der Waals surface area contributed by atoms with E-state index in [1.165, 1.54) is 6.07 Å². The first-order valence-corrected chi connectivity index (χ1v) is 7.12. The first-order chi connectivity index (χ1) is 10.1. The third-order valence-electron chi connectivity index (χ3n) is 3.60. The lowest BCUT2D eigenvalue weighted by Crippen LogP contribution is -2.03. The van der Waals surface area contributed by atoms with Crippen LogP contribution in [0.4, 0.5) is 4.39 Å². The number of aliphatic hydroxyl groups is 1. The molecule has 3 aromatic carbocycles. The van der Waals surface area contributed by atoms with Crippen molar-refractivity contribution in [2.75, 3.05) is 0 Å². The van der Waals surface area contributed by atoms with E-state index in [-0.39, 0.29) is 11.4 Å². The molecule has 0 amide bonds. The molecular weight excluding hydrogens is 287 g/mol. The molecule has 0 aliphatic carbocycles. The van der Waals surface area contributed by atoms with Crippen molar-refractivity contribution in [3.63, 3.8) is 0 Å². The summed E-state index contributed by atoms with van der Waals surface area (Å²) >= 11 is 5.76. The van der Waals surface area contributed by atoms with Gasteiger partial charge in [0.1, 0.15) is 5.82 Å². The van der Waals surface area contributed by atoms with Gasteiger partial charge in [0, 0.05) is 6.42 Å². The van der Waals surface area contributed by atoms with Gasteiger partial charge in [-0.3, -0.25) is 0 Å². The molecule has 0 radical (unpaired) electrons. The van der Waals surface area contributed by atoms with Crippen LogP contribution in [0.5, 0.6) is 0 Å². The molecule has 1 N–H and O–H groups in total. The second-order valence-electron chi connectivity index (χ2n) is 5.04. The van der Waals surface area contributed by atoms with Gasteiger partial charge in [0.15, 0.2) is 0 Å². The summed E-state index contributed by atoms with van der Waals surface area (Å²) in [4.78, 5) is 0. The molecule has 0 bridgehead atoms. The average molecular weight is 301 g/mol. The Morgan fingerprint density at radius 3 is 2.52 bits per heavy atom. The molecule has 0 fully saturated rings. The molecule has 0 spiro atoms. The number of aliphatic hydroxyl groups excluding tert-OH is 1. The van der Waals surface area contributed by atoms with Crippen LogP contribution in [0.1, 0.15) is 17.2 Å². The number of hydrogen-bond acceptors (Lipinski definition) is 1. The SMILES string of the molecule is OC(Cc1cccc(Cl)c1F)c1ccc2ccccc2c1. The van der Waals surface area contributed by atoms with Gasteiger partial charge < -0.3 is 5.11 Å². The highest BCUT2D eigenvalue weighted by Crippen LogP contribution is 2.26. The van der Waals surface area contributed by atoms with Crippen molar-refractivity contribution >= 4 is 22.4 Å². The second-order valence-corrected chi connectivity index (χ2v) is 5.45. The monoisotopic (exact) mass is 300 g/mol. The van der Waals surface area contributed by atoms with E-state index in [9.17, 15) is 9.50 Å². The van der Waals surface area contributed by atoms with Gasteiger partial charge in [0.05, 0.1) is 11.1 Å². The van der Waals surface area contributed by atoms with Crippen LogP contribution in [0.25, 0.3) is 10.8 Å². The predicted molar refractivity (Wildman–Crippen MR) is 84.0 cm³/mol. The number of hydrogen-bond donors (Lipinski definition) is 1. The zero-order chi connectivity index (χ0) is 14.8. The van der Waals surface area contributed by atoms with E-state index < -0.39 is 11.9 Å². The number of halogens is 2. The Bertz CT molecular complexity index is 785. The molecule has 0 aromatic heterocycles. The normalized spacial score (nSPS) is 12.5. The number of benzene rings is 3. The number of fused-ring (bicyclic) bond motifs is 1. The Labute approximate surface area is 127 Å². The highest BCUT2D eigenvalue weighted by molar-refractivity contribution is 6.30. The summed E-state index contributed by atoms with van der Waals surface area (Å²) in [6, 6.07) is 18.5. The van der Waals surface area contributed by atoms with Gasteiger partial charge in [-0.1, -0.05) is 60.1 Å². The van der Waals surface area contributed by atoms with E-state index in [1.807, 2.05) is 42.5 Å². The van der Waals surface area contributed by atoms with Gasteiger partial charge >= 0.3 is 0 Å². The molecule has 3 rings (SSSR count). The maximum atomic E-state index is 13.9. The van der Waals surface area contributed by atoms with Gasteiger partial charge in [-0.15, -0.1) is 0 Å². The van der Waals surface area contributed by atoms with E-state index in [0.717, 1.165) is 16.3 Å². The minimum atomic E-state index is -0.762. The summed E-state index contributed by atoms with van der Waals surface area (Å²) in [5.74, 6) is -0.459. The van der Waals surface area contributed by atoms with Crippen LogP contribution in [-0.2, 0) is 6.42 Å². The van der Waals surface area contributed by atoms with Crippen molar-refractivity contribution in [3.8, 4) is 0 Å². The van der Waals surface area contributed by atoms with Crippen molar-refractivity contribution in [3.05, 3.63) is 82.6 Å². The molecule has 3 aromatic rings. The molecule has 0 saturated carbocycles. The van der Waals surface area contributed by atoms with Gasteiger partial charge in [0.2, 0.25) is 0 Å². The zero-order valence-electron chi connectivity index (χ0n) is 11.3. The predicted octanol–water partition coefficient (Wildman–Crippen LogP) is 4.91. The fraction of sp³-hybridized carbons (Fsp3) is 0.111. The first-order valence-electron chi connectivity index (χ1n) is 6.75. The Morgan fingerprint density at radius 1 is 0.952 bits per heavy atom. The molecule has 0 saturated heterocycles. The Kier molecular flexibility index (Phi) is 3.91. The standard InChI is InChI=1S/C18H14ClFO/c19-16-7-3-6-15(18(16)20)11-17(21)14-9-8-12-4-1-2-5-13(12)10-14/h1-10,17,21H,11H2. The lowest BCUT2D eigenvalue weighted by molar-refractivity contribution is 0.177. The first kappa shape index (κ1) is 14.1. The smallest absolute Gasteiger partial charge is 0.145 e. The van der Waals surface area contributed by atoms with E-state index in [2.05, 4.69) is 0 Å². The highest BCUT2D eigenvalue weighted by Gasteiger charge is 2.13. The summed E-state index contributed by atoms with van der Waals surface area (Å²) in [7, 11) is 0. The van der Waals surface area contributed by atoms with Crippen LogP contribution in [0.15, 0.2) is 60.7 Å². The Balaban J connectivity index is 1.89. The number of rotatable bonds is 3. The summed E-state index contributed by atoms with van der Waals surface area (Å²) in [6.07, 6.45) is -0.562. The lowest BCUT2D eigenvalue weighted by Gasteiger charge is -2.13. The highest BCUT2D eigenvalue weighted by atomic mass is 35.5. The van der Waals surface area contributed by atoms with Crippen LogP contribution < -0.4 is 0 Å². The lowest BCUT2D eigenvalue weighted by atomic mass is 9.98. The average Bonchev–Trinajstić information content (AvgIpc) is 2.51. The molecular formula is C18H14ClFO. The van der Waals surface area contributed by atoms with E-state index in [1.54, 1.807) is 12.1 Å². The maximum absolute atomic E-state index is 13.9. The summed E-state index contributed by atoms with van der Waals surface area (Å²) in [6.45, 7) is 0. The molecule has 21 heavy (non-hydrogen) atoms. The summed E-state index contributed by atoms with van der Waals surface area (Å²) in [5, 5.41) is 12.6. The van der Waals surface area contributed by atoms with E-state index in [4.69, 9.17) is 11.6 Å². The molecule has 1 nitrogen and oxygen atoms in total. The van der Waals surface area contributed by atoms with Crippen LogP contribution in [-0.4, -0.2) is 5.11 Å².